The molecule has 0 unspecified atom stereocenters. The normalized spacial score (nSPS) is 11.2. The fourth-order valence-corrected chi connectivity index (χ4v) is 2.84. The summed E-state index contributed by atoms with van der Waals surface area (Å²) in [6, 6.07) is 0. The lowest BCUT2D eigenvalue weighted by Gasteiger charge is -2.02. The van der Waals surface area contributed by atoms with Gasteiger partial charge in [-0.15, -0.1) is 0 Å². The Hall–Kier alpha value is -0.790. The first-order valence-electron chi connectivity index (χ1n) is 8.68. The summed E-state index contributed by atoms with van der Waals surface area (Å²) in [6.45, 7) is 7.90. The molecule has 1 heterocycles. The molecule has 1 rings (SSSR count). The van der Waals surface area contributed by atoms with E-state index in [2.05, 4.69) is 43.3 Å². The molecule has 0 aliphatic carbocycles. The van der Waals surface area contributed by atoms with E-state index in [0.717, 1.165) is 0 Å². The third kappa shape index (κ3) is 6.11. The summed E-state index contributed by atoms with van der Waals surface area (Å²) in [5.41, 5.74) is 2.81. The number of hydrogen-bond donors (Lipinski definition) is 0. The maximum atomic E-state index is 2.40. The third-order valence-corrected chi connectivity index (χ3v) is 4.55. The molecular weight excluding hydrogens is 244 g/mol. The molecule has 0 atom stereocenters. The number of unbranched alkanes of at least 4 members (excludes halogenated alkanes) is 9. The van der Waals surface area contributed by atoms with Crippen molar-refractivity contribution >= 4 is 0 Å². The van der Waals surface area contributed by atoms with E-state index in [1.807, 2.05) is 0 Å². The second-order valence-electron chi connectivity index (χ2n) is 6.27. The minimum Gasteiger partial charge on any atom is -0.237 e. The fraction of sp³-hybridized carbons (Fsp3) is 0.833. The maximum Gasteiger partial charge on any atom is 0.243 e. The zero-order valence-corrected chi connectivity index (χ0v) is 14.2. The highest BCUT2D eigenvalue weighted by molar-refractivity contribution is 5.02. The summed E-state index contributed by atoms with van der Waals surface area (Å²) in [4.78, 5) is 0. The van der Waals surface area contributed by atoms with Gasteiger partial charge < -0.3 is 0 Å². The van der Waals surface area contributed by atoms with Crippen LogP contribution in [0.25, 0.3) is 0 Å². The summed E-state index contributed by atoms with van der Waals surface area (Å²) in [7, 11) is 2.14. The van der Waals surface area contributed by atoms with Crippen molar-refractivity contribution in [2.45, 2.75) is 91.5 Å². The molecule has 0 aliphatic rings. The van der Waals surface area contributed by atoms with Gasteiger partial charge in [0, 0.05) is 13.8 Å². The molecule has 2 nitrogen and oxygen atoms in total. The lowest BCUT2D eigenvalue weighted by molar-refractivity contribution is -0.677. The van der Waals surface area contributed by atoms with Gasteiger partial charge in [0.25, 0.3) is 0 Å². The van der Waals surface area contributed by atoms with Crippen molar-refractivity contribution in [3.8, 4) is 0 Å². The molecular formula is C18H35N2+. The molecule has 116 valence electrons. The molecule has 2 heteroatoms. The molecule has 0 aromatic carbocycles. The van der Waals surface area contributed by atoms with E-state index in [9.17, 15) is 0 Å². The Bertz CT molecular complexity index is 366. The number of rotatable bonds is 11. The number of nitrogens with zero attached hydrogens (tertiary/aromatic N) is 2. The average Bonchev–Trinajstić information content (AvgIpc) is 2.68. The summed E-state index contributed by atoms with van der Waals surface area (Å²) in [5, 5.41) is 0. The Morgan fingerprint density at radius 2 is 1.35 bits per heavy atom. The second-order valence-corrected chi connectivity index (χ2v) is 6.27. The Morgan fingerprint density at radius 3 is 1.80 bits per heavy atom. The molecule has 20 heavy (non-hydrogen) atoms. The molecule has 0 amide bonds. The topological polar surface area (TPSA) is 8.81 Å². The average molecular weight is 279 g/mol. The van der Waals surface area contributed by atoms with Crippen LogP contribution in [0, 0.1) is 13.8 Å². The Kier molecular flexibility index (Phi) is 8.64. The first-order chi connectivity index (χ1) is 9.66. The van der Waals surface area contributed by atoms with Crippen molar-refractivity contribution in [3.05, 3.63) is 17.7 Å². The maximum absolute atomic E-state index is 2.40. The second kappa shape index (κ2) is 10.0. The SMILES string of the molecule is CCCCCCCCCCCCn1c[n+](C)c(C)c1C. The molecule has 0 aliphatic heterocycles. The first kappa shape index (κ1) is 17.3. The van der Waals surface area contributed by atoms with Crippen molar-refractivity contribution in [1.82, 2.24) is 4.57 Å². The van der Waals surface area contributed by atoms with Crippen LogP contribution in [-0.2, 0) is 13.6 Å². The molecule has 1 aromatic heterocycles. The summed E-state index contributed by atoms with van der Waals surface area (Å²) < 4.78 is 4.63. The minimum atomic E-state index is 1.18. The highest BCUT2D eigenvalue weighted by atomic mass is 15.1. The van der Waals surface area contributed by atoms with E-state index in [1.54, 1.807) is 0 Å². The zero-order valence-electron chi connectivity index (χ0n) is 14.2. The predicted molar refractivity (Wildman–Crippen MR) is 86.9 cm³/mol. The molecule has 0 saturated carbocycles. The number of imidazole rings is 1. The van der Waals surface area contributed by atoms with E-state index in [1.165, 1.54) is 82.1 Å². The van der Waals surface area contributed by atoms with E-state index in [4.69, 9.17) is 0 Å². The molecule has 0 saturated heterocycles. The standard InChI is InChI=1S/C18H35N2/c1-5-6-7-8-9-10-11-12-13-14-15-20-16-19(4)17(2)18(20)3/h16H,5-15H2,1-4H3/q+1. The van der Waals surface area contributed by atoms with Crippen LogP contribution < -0.4 is 4.57 Å². The van der Waals surface area contributed by atoms with E-state index < -0.39 is 0 Å². The molecule has 0 N–H and O–H groups in total. The van der Waals surface area contributed by atoms with Crippen molar-refractivity contribution in [1.29, 1.82) is 0 Å². The summed E-state index contributed by atoms with van der Waals surface area (Å²) in [6.07, 6.45) is 16.4. The van der Waals surface area contributed by atoms with Crippen LogP contribution in [0.2, 0.25) is 0 Å². The van der Waals surface area contributed by atoms with Crippen LogP contribution in [0.15, 0.2) is 6.33 Å². The minimum absolute atomic E-state index is 1.18. The van der Waals surface area contributed by atoms with Crippen LogP contribution in [0.1, 0.15) is 82.5 Å². The highest BCUT2D eigenvalue weighted by Crippen LogP contribution is 2.11. The molecule has 0 fully saturated rings. The molecule has 1 aromatic rings. The quantitative estimate of drug-likeness (QED) is 0.404. The van der Waals surface area contributed by atoms with E-state index in [0.29, 0.717) is 0 Å². The van der Waals surface area contributed by atoms with Gasteiger partial charge in [-0.25, -0.2) is 9.13 Å². The summed E-state index contributed by atoms with van der Waals surface area (Å²) >= 11 is 0. The van der Waals surface area contributed by atoms with Gasteiger partial charge in [0.15, 0.2) is 0 Å². The van der Waals surface area contributed by atoms with Crippen molar-refractivity contribution in [3.63, 3.8) is 0 Å². The lowest BCUT2D eigenvalue weighted by Crippen LogP contribution is -2.28. The van der Waals surface area contributed by atoms with Gasteiger partial charge in [0.1, 0.15) is 11.4 Å². The van der Waals surface area contributed by atoms with Crippen molar-refractivity contribution in [2.24, 2.45) is 7.05 Å². The van der Waals surface area contributed by atoms with Crippen LogP contribution in [0.5, 0.6) is 0 Å². The van der Waals surface area contributed by atoms with Gasteiger partial charge in [-0.05, 0) is 12.8 Å². The van der Waals surface area contributed by atoms with Crippen molar-refractivity contribution in [2.75, 3.05) is 0 Å². The van der Waals surface area contributed by atoms with Gasteiger partial charge >= 0.3 is 0 Å². The molecule has 0 spiro atoms. The van der Waals surface area contributed by atoms with Crippen LogP contribution >= 0.6 is 0 Å². The number of aromatic nitrogens is 2. The molecule has 0 bridgehead atoms. The lowest BCUT2D eigenvalue weighted by atomic mass is 10.1. The van der Waals surface area contributed by atoms with Gasteiger partial charge in [0.2, 0.25) is 6.33 Å². The Labute approximate surface area is 126 Å². The third-order valence-electron chi connectivity index (χ3n) is 4.55. The number of hydrogen-bond acceptors (Lipinski definition) is 0. The van der Waals surface area contributed by atoms with Crippen LogP contribution in [-0.4, -0.2) is 4.57 Å². The van der Waals surface area contributed by atoms with Crippen LogP contribution in [0.3, 0.4) is 0 Å². The highest BCUT2D eigenvalue weighted by Gasteiger charge is 2.11. The summed E-state index contributed by atoms with van der Waals surface area (Å²) in [5.74, 6) is 0. The van der Waals surface area contributed by atoms with Gasteiger partial charge in [0.05, 0.1) is 13.6 Å². The predicted octanol–water partition coefficient (Wildman–Crippen LogP) is 4.85. The van der Waals surface area contributed by atoms with Gasteiger partial charge in [-0.1, -0.05) is 58.3 Å². The Balaban J connectivity index is 1.98. The van der Waals surface area contributed by atoms with Crippen LogP contribution in [0.4, 0.5) is 0 Å². The number of aryl methyl sites for hydroxylation is 2. The Morgan fingerprint density at radius 1 is 0.850 bits per heavy atom. The van der Waals surface area contributed by atoms with E-state index in [-0.39, 0.29) is 0 Å². The van der Waals surface area contributed by atoms with E-state index >= 15 is 0 Å². The first-order valence-corrected chi connectivity index (χ1v) is 8.68. The monoisotopic (exact) mass is 279 g/mol. The fourth-order valence-electron chi connectivity index (χ4n) is 2.84. The van der Waals surface area contributed by atoms with Gasteiger partial charge in [-0.3, -0.25) is 0 Å². The molecule has 0 radical (unpaired) electrons. The zero-order chi connectivity index (χ0) is 14.8. The largest absolute Gasteiger partial charge is 0.243 e. The van der Waals surface area contributed by atoms with Gasteiger partial charge in [-0.2, -0.15) is 0 Å². The smallest absolute Gasteiger partial charge is 0.237 e. The van der Waals surface area contributed by atoms with Crippen molar-refractivity contribution < 1.29 is 4.57 Å².